The lowest BCUT2D eigenvalue weighted by atomic mass is 10.0. The van der Waals surface area contributed by atoms with Crippen molar-refractivity contribution in [3.05, 3.63) is 77.2 Å². The SMILES string of the molecule is CC(C)NC(=O)c1cc([C@@H]2CN(C(=O)Cc3ccc(F)cc3)CCO2)nc2ccccc12. The Kier molecular flexibility index (Phi) is 6.46. The van der Waals surface area contributed by atoms with Crippen molar-refractivity contribution in [3.63, 3.8) is 0 Å². The molecule has 0 bridgehead atoms. The molecule has 2 heterocycles. The van der Waals surface area contributed by atoms with E-state index >= 15 is 0 Å². The van der Waals surface area contributed by atoms with Gasteiger partial charge in [0.2, 0.25) is 5.91 Å². The smallest absolute Gasteiger partial charge is 0.252 e. The van der Waals surface area contributed by atoms with Crippen LogP contribution >= 0.6 is 0 Å². The number of fused-ring (bicyclic) bond motifs is 1. The van der Waals surface area contributed by atoms with Gasteiger partial charge >= 0.3 is 0 Å². The zero-order valence-corrected chi connectivity index (χ0v) is 18.2. The Bertz CT molecular complexity index is 1130. The highest BCUT2D eigenvalue weighted by Crippen LogP contribution is 2.26. The fraction of sp³-hybridized carbons (Fsp3) is 0.320. The molecule has 0 radical (unpaired) electrons. The summed E-state index contributed by atoms with van der Waals surface area (Å²) in [5, 5.41) is 3.71. The first-order valence-corrected chi connectivity index (χ1v) is 10.7. The molecule has 2 aromatic carbocycles. The number of halogens is 1. The third kappa shape index (κ3) is 4.94. The maximum Gasteiger partial charge on any atom is 0.252 e. The van der Waals surface area contributed by atoms with Crippen molar-refractivity contribution in [3.8, 4) is 0 Å². The fourth-order valence-corrected chi connectivity index (χ4v) is 3.83. The number of nitrogens with zero attached hydrogens (tertiary/aromatic N) is 2. The van der Waals surface area contributed by atoms with Crippen molar-refractivity contribution in [1.29, 1.82) is 0 Å². The van der Waals surface area contributed by atoms with Gasteiger partial charge in [0.1, 0.15) is 11.9 Å². The minimum atomic E-state index is -0.434. The van der Waals surface area contributed by atoms with Crippen LogP contribution in [0, 0.1) is 5.82 Å². The summed E-state index contributed by atoms with van der Waals surface area (Å²) in [6.45, 7) is 5.03. The Morgan fingerprint density at radius 2 is 1.94 bits per heavy atom. The van der Waals surface area contributed by atoms with Crippen LogP contribution in [0.15, 0.2) is 54.6 Å². The molecule has 1 atom stereocenters. The maximum atomic E-state index is 13.1. The average Bonchev–Trinajstić information content (AvgIpc) is 2.79. The number of hydrogen-bond acceptors (Lipinski definition) is 4. The number of hydrogen-bond donors (Lipinski definition) is 1. The van der Waals surface area contributed by atoms with E-state index in [0.717, 1.165) is 10.9 Å². The Balaban J connectivity index is 1.57. The molecular weight excluding hydrogens is 409 g/mol. The van der Waals surface area contributed by atoms with Gasteiger partial charge in [-0.05, 0) is 43.7 Å². The summed E-state index contributed by atoms with van der Waals surface area (Å²) in [4.78, 5) is 32.1. The molecule has 1 saturated heterocycles. The molecule has 1 N–H and O–H groups in total. The molecule has 0 unspecified atom stereocenters. The Hall–Kier alpha value is -3.32. The van der Waals surface area contributed by atoms with E-state index in [0.29, 0.717) is 36.5 Å². The summed E-state index contributed by atoms with van der Waals surface area (Å²) >= 11 is 0. The topological polar surface area (TPSA) is 71.5 Å². The number of para-hydroxylation sites is 1. The standard InChI is InChI=1S/C25H26FN3O3/c1-16(2)27-25(31)20-14-22(28-21-6-4-3-5-19(20)21)23-15-29(11-12-32-23)24(30)13-17-7-9-18(26)10-8-17/h3-10,14,16,23H,11-13,15H2,1-2H3,(H,27,31)/t23-/m0/s1. The number of benzene rings is 2. The molecule has 1 fully saturated rings. The molecule has 3 aromatic rings. The van der Waals surface area contributed by atoms with Gasteiger partial charge in [0.15, 0.2) is 0 Å². The van der Waals surface area contributed by atoms with Crippen molar-refractivity contribution in [2.45, 2.75) is 32.4 Å². The molecule has 0 spiro atoms. The number of rotatable bonds is 5. The largest absolute Gasteiger partial charge is 0.368 e. The average molecular weight is 435 g/mol. The summed E-state index contributed by atoms with van der Waals surface area (Å²) in [5.41, 5.74) is 2.63. The molecule has 2 amide bonds. The number of ether oxygens (including phenoxy) is 1. The minimum absolute atomic E-state index is 0.00313. The van der Waals surface area contributed by atoms with Gasteiger partial charge < -0.3 is 15.0 Å². The first kappa shape index (κ1) is 21.9. The summed E-state index contributed by atoms with van der Waals surface area (Å²) in [6.07, 6.45) is -0.240. The molecule has 0 aliphatic carbocycles. The van der Waals surface area contributed by atoms with E-state index in [1.165, 1.54) is 12.1 Å². The highest BCUT2D eigenvalue weighted by Gasteiger charge is 2.28. The van der Waals surface area contributed by atoms with Crippen LogP contribution in [0.3, 0.4) is 0 Å². The number of amides is 2. The van der Waals surface area contributed by atoms with Crippen LogP contribution in [0.4, 0.5) is 4.39 Å². The van der Waals surface area contributed by atoms with Gasteiger partial charge in [0.05, 0.1) is 36.3 Å². The fourth-order valence-electron chi connectivity index (χ4n) is 3.83. The lowest BCUT2D eigenvalue weighted by molar-refractivity contribution is -0.138. The zero-order valence-electron chi connectivity index (χ0n) is 18.2. The first-order chi connectivity index (χ1) is 15.4. The highest BCUT2D eigenvalue weighted by molar-refractivity contribution is 6.06. The van der Waals surface area contributed by atoms with Crippen molar-refractivity contribution < 1.29 is 18.7 Å². The zero-order chi connectivity index (χ0) is 22.7. The second kappa shape index (κ2) is 9.44. The van der Waals surface area contributed by atoms with Crippen LogP contribution in [-0.2, 0) is 16.0 Å². The molecule has 32 heavy (non-hydrogen) atoms. The monoisotopic (exact) mass is 435 g/mol. The van der Waals surface area contributed by atoms with Crippen LogP contribution in [0.1, 0.15) is 41.6 Å². The Morgan fingerprint density at radius 1 is 1.19 bits per heavy atom. The van der Waals surface area contributed by atoms with Crippen molar-refractivity contribution in [1.82, 2.24) is 15.2 Å². The highest BCUT2D eigenvalue weighted by atomic mass is 19.1. The molecule has 4 rings (SSSR count). The van der Waals surface area contributed by atoms with Crippen molar-refractivity contribution >= 4 is 22.7 Å². The van der Waals surface area contributed by atoms with E-state index in [9.17, 15) is 14.0 Å². The lowest BCUT2D eigenvalue weighted by Crippen LogP contribution is -2.43. The van der Waals surface area contributed by atoms with Gasteiger partial charge in [-0.3, -0.25) is 9.59 Å². The Labute approximate surface area is 186 Å². The second-order valence-electron chi connectivity index (χ2n) is 8.24. The van der Waals surface area contributed by atoms with Crippen LogP contribution in [0.2, 0.25) is 0 Å². The molecule has 0 saturated carbocycles. The van der Waals surface area contributed by atoms with E-state index in [1.807, 2.05) is 38.1 Å². The van der Waals surface area contributed by atoms with Crippen LogP contribution < -0.4 is 5.32 Å². The van der Waals surface area contributed by atoms with Gasteiger partial charge in [-0.1, -0.05) is 30.3 Å². The summed E-state index contributed by atoms with van der Waals surface area (Å²) in [5.74, 6) is -0.546. The number of morpholine rings is 1. The molecule has 1 aliphatic heterocycles. The second-order valence-corrected chi connectivity index (χ2v) is 8.24. The van der Waals surface area contributed by atoms with Gasteiger partial charge in [-0.15, -0.1) is 0 Å². The minimum Gasteiger partial charge on any atom is -0.368 e. The van der Waals surface area contributed by atoms with E-state index in [1.54, 1.807) is 23.1 Å². The van der Waals surface area contributed by atoms with Gasteiger partial charge in [-0.2, -0.15) is 0 Å². The van der Waals surface area contributed by atoms with Crippen molar-refractivity contribution in [2.24, 2.45) is 0 Å². The predicted molar refractivity (Wildman–Crippen MR) is 120 cm³/mol. The molecule has 1 aromatic heterocycles. The van der Waals surface area contributed by atoms with Crippen molar-refractivity contribution in [2.75, 3.05) is 19.7 Å². The molecule has 7 heteroatoms. The summed E-state index contributed by atoms with van der Waals surface area (Å²) in [6, 6.07) is 15.2. The molecule has 6 nitrogen and oxygen atoms in total. The summed E-state index contributed by atoms with van der Waals surface area (Å²) in [7, 11) is 0. The quantitative estimate of drug-likeness (QED) is 0.664. The van der Waals surface area contributed by atoms with E-state index in [4.69, 9.17) is 9.72 Å². The molecular formula is C25H26FN3O3. The number of aromatic nitrogens is 1. The van der Waals surface area contributed by atoms with Crippen LogP contribution in [0.25, 0.3) is 10.9 Å². The third-order valence-electron chi connectivity index (χ3n) is 5.42. The Morgan fingerprint density at radius 3 is 2.69 bits per heavy atom. The van der Waals surface area contributed by atoms with Gasteiger partial charge in [-0.25, -0.2) is 9.37 Å². The normalized spacial score (nSPS) is 16.4. The number of carbonyl (C=O) groups is 2. The summed E-state index contributed by atoms with van der Waals surface area (Å²) < 4.78 is 19.1. The molecule has 1 aliphatic rings. The van der Waals surface area contributed by atoms with E-state index in [-0.39, 0.29) is 30.1 Å². The van der Waals surface area contributed by atoms with Crippen LogP contribution in [-0.4, -0.2) is 47.4 Å². The lowest BCUT2D eigenvalue weighted by Gasteiger charge is -2.33. The number of nitrogens with one attached hydrogen (secondary N) is 1. The maximum absolute atomic E-state index is 13.1. The predicted octanol–water partition coefficient (Wildman–Crippen LogP) is 3.65. The molecule has 166 valence electrons. The number of carbonyl (C=O) groups excluding carboxylic acids is 2. The number of pyridine rings is 1. The third-order valence-corrected chi connectivity index (χ3v) is 5.42. The van der Waals surface area contributed by atoms with E-state index < -0.39 is 6.10 Å². The van der Waals surface area contributed by atoms with Gasteiger partial charge in [0.25, 0.3) is 5.91 Å². The van der Waals surface area contributed by atoms with Gasteiger partial charge in [0, 0.05) is 18.0 Å². The van der Waals surface area contributed by atoms with Crippen LogP contribution in [0.5, 0.6) is 0 Å². The van der Waals surface area contributed by atoms with E-state index in [2.05, 4.69) is 5.32 Å². The first-order valence-electron chi connectivity index (χ1n) is 10.7.